The van der Waals surface area contributed by atoms with Crippen molar-refractivity contribution < 1.29 is 0 Å². The van der Waals surface area contributed by atoms with Crippen molar-refractivity contribution in [1.82, 2.24) is 15.2 Å². The zero-order chi connectivity index (χ0) is 14.9. The molecule has 1 aromatic heterocycles. The Morgan fingerprint density at radius 3 is 3.00 bits per heavy atom. The molecule has 3 rings (SSSR count). The van der Waals surface area contributed by atoms with Crippen LogP contribution < -0.4 is 5.32 Å². The third kappa shape index (κ3) is 3.25. The number of nitrogens with one attached hydrogen (secondary N) is 1. The molecule has 0 spiro atoms. The largest absolute Gasteiger partial charge is 0.309 e. The lowest BCUT2D eigenvalue weighted by Gasteiger charge is -2.44. The van der Waals surface area contributed by atoms with Crippen molar-refractivity contribution >= 4 is 10.9 Å². The van der Waals surface area contributed by atoms with Gasteiger partial charge in [-0.05, 0) is 44.0 Å². The zero-order valence-corrected chi connectivity index (χ0v) is 13.3. The second-order valence-corrected chi connectivity index (χ2v) is 6.76. The predicted molar refractivity (Wildman–Crippen MR) is 88.3 cm³/mol. The number of nitrogens with zero attached hydrogens (tertiary/aromatic N) is 2. The lowest BCUT2D eigenvalue weighted by molar-refractivity contribution is 0.0859. The van der Waals surface area contributed by atoms with Gasteiger partial charge in [-0.25, -0.2) is 0 Å². The summed E-state index contributed by atoms with van der Waals surface area (Å²) < 4.78 is 0. The molecule has 21 heavy (non-hydrogen) atoms. The smallest absolute Gasteiger partial charge is 0.0702 e. The third-order valence-electron chi connectivity index (χ3n) is 4.46. The normalized spacial score (nSPS) is 22.5. The van der Waals surface area contributed by atoms with Crippen molar-refractivity contribution in [1.29, 1.82) is 0 Å². The molecule has 1 atom stereocenters. The molecule has 2 heterocycles. The maximum absolute atomic E-state index is 4.40. The van der Waals surface area contributed by atoms with E-state index in [-0.39, 0.29) is 5.54 Å². The Hall–Kier alpha value is -1.45. The first-order valence-corrected chi connectivity index (χ1v) is 7.90. The molecule has 1 unspecified atom stereocenters. The summed E-state index contributed by atoms with van der Waals surface area (Å²) in [6.45, 7) is 10.1. The lowest BCUT2D eigenvalue weighted by atomic mass is 9.96. The van der Waals surface area contributed by atoms with E-state index in [9.17, 15) is 0 Å². The fourth-order valence-electron chi connectivity index (χ4n) is 3.26. The molecule has 1 N–H and O–H groups in total. The van der Waals surface area contributed by atoms with Crippen LogP contribution in [0.15, 0.2) is 36.5 Å². The maximum Gasteiger partial charge on any atom is 0.0702 e. The van der Waals surface area contributed by atoms with E-state index in [1.165, 1.54) is 17.4 Å². The summed E-state index contributed by atoms with van der Waals surface area (Å²) in [5, 5.41) is 4.89. The van der Waals surface area contributed by atoms with Gasteiger partial charge in [-0.1, -0.05) is 19.1 Å². The van der Waals surface area contributed by atoms with Crippen molar-refractivity contribution in [2.45, 2.75) is 45.3 Å². The highest BCUT2D eigenvalue weighted by molar-refractivity contribution is 5.78. The third-order valence-corrected chi connectivity index (χ3v) is 4.46. The molecular formula is C18H25N3. The monoisotopic (exact) mass is 283 g/mol. The van der Waals surface area contributed by atoms with Gasteiger partial charge in [-0.15, -0.1) is 0 Å². The quantitative estimate of drug-likeness (QED) is 0.937. The minimum Gasteiger partial charge on any atom is -0.309 e. The first-order chi connectivity index (χ1) is 10.1. The van der Waals surface area contributed by atoms with Gasteiger partial charge < -0.3 is 5.32 Å². The summed E-state index contributed by atoms with van der Waals surface area (Å²) in [5.74, 6) is 0. The highest BCUT2D eigenvalue weighted by Gasteiger charge is 2.31. The first-order valence-electron chi connectivity index (χ1n) is 7.90. The minimum absolute atomic E-state index is 0.198. The number of pyridine rings is 1. The van der Waals surface area contributed by atoms with Crippen LogP contribution in [0.5, 0.6) is 0 Å². The average molecular weight is 283 g/mol. The topological polar surface area (TPSA) is 28.2 Å². The van der Waals surface area contributed by atoms with E-state index in [0.29, 0.717) is 6.04 Å². The molecule has 0 amide bonds. The number of hydrogen-bond acceptors (Lipinski definition) is 3. The molecule has 112 valence electrons. The molecule has 1 saturated heterocycles. The highest BCUT2D eigenvalue weighted by atomic mass is 15.2. The molecule has 0 saturated carbocycles. The van der Waals surface area contributed by atoms with Crippen LogP contribution >= 0.6 is 0 Å². The predicted octanol–water partition coefficient (Wildman–Crippen LogP) is 3.20. The van der Waals surface area contributed by atoms with E-state index in [2.05, 4.69) is 60.2 Å². The van der Waals surface area contributed by atoms with Crippen molar-refractivity contribution in [3.05, 3.63) is 42.1 Å². The maximum atomic E-state index is 4.40. The van der Waals surface area contributed by atoms with Crippen LogP contribution in [0.25, 0.3) is 10.9 Å². The van der Waals surface area contributed by atoms with Crippen LogP contribution in [0.4, 0.5) is 0 Å². The zero-order valence-electron chi connectivity index (χ0n) is 13.3. The van der Waals surface area contributed by atoms with E-state index < -0.39 is 0 Å². The summed E-state index contributed by atoms with van der Waals surface area (Å²) >= 11 is 0. The molecule has 1 aromatic carbocycles. The van der Waals surface area contributed by atoms with Gasteiger partial charge in [0, 0.05) is 42.8 Å². The minimum atomic E-state index is 0.198. The average Bonchev–Trinajstić information content (AvgIpc) is 2.46. The molecule has 0 radical (unpaired) electrons. The number of piperazine rings is 1. The molecule has 1 aliphatic rings. The van der Waals surface area contributed by atoms with Crippen LogP contribution in [0.2, 0.25) is 0 Å². The van der Waals surface area contributed by atoms with Gasteiger partial charge in [0.1, 0.15) is 0 Å². The van der Waals surface area contributed by atoms with E-state index in [1.807, 2.05) is 12.3 Å². The second kappa shape index (κ2) is 5.74. The second-order valence-electron chi connectivity index (χ2n) is 6.76. The molecule has 1 aliphatic heterocycles. The Bertz CT molecular complexity index is 621. The molecule has 3 heteroatoms. The molecule has 0 aliphatic carbocycles. The number of fused-ring (bicyclic) bond motifs is 1. The van der Waals surface area contributed by atoms with Gasteiger partial charge in [-0.2, -0.15) is 0 Å². The summed E-state index contributed by atoms with van der Waals surface area (Å²) in [6, 6.07) is 11.4. The van der Waals surface area contributed by atoms with Crippen molar-refractivity contribution in [3.8, 4) is 0 Å². The number of benzene rings is 1. The Morgan fingerprint density at radius 1 is 1.33 bits per heavy atom. The highest BCUT2D eigenvalue weighted by Crippen LogP contribution is 2.21. The van der Waals surface area contributed by atoms with E-state index in [1.54, 1.807) is 0 Å². The summed E-state index contributed by atoms with van der Waals surface area (Å²) in [7, 11) is 0. The van der Waals surface area contributed by atoms with Crippen LogP contribution in [-0.4, -0.2) is 34.6 Å². The van der Waals surface area contributed by atoms with Gasteiger partial charge in [0.05, 0.1) is 5.52 Å². The van der Waals surface area contributed by atoms with Crippen LogP contribution in [0.3, 0.4) is 0 Å². The fraction of sp³-hybridized carbons (Fsp3) is 0.500. The van der Waals surface area contributed by atoms with Crippen molar-refractivity contribution in [2.24, 2.45) is 0 Å². The van der Waals surface area contributed by atoms with E-state index in [4.69, 9.17) is 0 Å². The van der Waals surface area contributed by atoms with Gasteiger partial charge in [-0.3, -0.25) is 9.88 Å². The fourth-order valence-corrected chi connectivity index (χ4v) is 3.26. The standard InChI is InChI=1S/C18H25N3/c1-4-16-11-20-18(2,3)13-21(16)12-14-7-8-17-15(10-14)6-5-9-19-17/h5-10,16,20H,4,11-13H2,1-3H3. The molecule has 1 fully saturated rings. The molecule has 2 aromatic rings. The SMILES string of the molecule is CCC1CNC(C)(C)CN1Cc1ccc2ncccc2c1. The van der Waals surface area contributed by atoms with Crippen LogP contribution in [-0.2, 0) is 6.54 Å². The Morgan fingerprint density at radius 2 is 2.19 bits per heavy atom. The van der Waals surface area contributed by atoms with E-state index in [0.717, 1.165) is 25.2 Å². The Kier molecular flexibility index (Phi) is 3.96. The van der Waals surface area contributed by atoms with Crippen molar-refractivity contribution in [2.75, 3.05) is 13.1 Å². The van der Waals surface area contributed by atoms with Crippen LogP contribution in [0, 0.1) is 0 Å². The summed E-state index contributed by atoms with van der Waals surface area (Å²) in [4.78, 5) is 7.02. The van der Waals surface area contributed by atoms with Gasteiger partial charge in [0.15, 0.2) is 0 Å². The van der Waals surface area contributed by atoms with Crippen molar-refractivity contribution in [3.63, 3.8) is 0 Å². The number of rotatable bonds is 3. The Balaban J connectivity index is 1.82. The number of aromatic nitrogens is 1. The van der Waals surface area contributed by atoms with Gasteiger partial charge >= 0.3 is 0 Å². The first kappa shape index (κ1) is 14.5. The van der Waals surface area contributed by atoms with Gasteiger partial charge in [0.2, 0.25) is 0 Å². The Labute approximate surface area is 127 Å². The van der Waals surface area contributed by atoms with Gasteiger partial charge in [0.25, 0.3) is 0 Å². The molecule has 3 nitrogen and oxygen atoms in total. The molecular weight excluding hydrogens is 258 g/mol. The lowest BCUT2D eigenvalue weighted by Crippen LogP contribution is -2.60. The summed E-state index contributed by atoms with van der Waals surface area (Å²) in [6.07, 6.45) is 3.05. The van der Waals surface area contributed by atoms with Crippen LogP contribution in [0.1, 0.15) is 32.8 Å². The number of hydrogen-bond donors (Lipinski definition) is 1. The molecule has 0 bridgehead atoms. The van der Waals surface area contributed by atoms with E-state index >= 15 is 0 Å². The summed E-state index contributed by atoms with van der Waals surface area (Å²) in [5.41, 5.74) is 2.66.